The van der Waals surface area contributed by atoms with Crippen molar-refractivity contribution < 1.29 is 14.3 Å². The Labute approximate surface area is 147 Å². The number of ether oxygens (including phenoxy) is 2. The topological polar surface area (TPSA) is 65.4 Å². The van der Waals surface area contributed by atoms with Gasteiger partial charge in [-0.3, -0.25) is 9.48 Å². The van der Waals surface area contributed by atoms with Crippen molar-refractivity contribution in [3.05, 3.63) is 53.3 Å². The van der Waals surface area contributed by atoms with E-state index in [1.807, 2.05) is 22.9 Å². The first-order chi connectivity index (χ1) is 12.3. The summed E-state index contributed by atoms with van der Waals surface area (Å²) in [6.07, 6.45) is 4.21. The minimum Gasteiger partial charge on any atom is -0.370 e. The van der Waals surface area contributed by atoms with Gasteiger partial charge >= 0.3 is 0 Å². The number of aromatic nitrogens is 2. The van der Waals surface area contributed by atoms with Gasteiger partial charge in [0.05, 0.1) is 18.8 Å². The lowest BCUT2D eigenvalue weighted by Gasteiger charge is -2.22. The zero-order valence-corrected chi connectivity index (χ0v) is 14.2. The molecule has 1 unspecified atom stereocenters. The van der Waals surface area contributed by atoms with Gasteiger partial charge < -0.3 is 14.8 Å². The van der Waals surface area contributed by atoms with Crippen molar-refractivity contribution in [1.82, 2.24) is 15.1 Å². The number of hydrogen-bond acceptors (Lipinski definition) is 4. The van der Waals surface area contributed by atoms with Crippen LogP contribution in [-0.4, -0.2) is 41.6 Å². The molecule has 1 saturated heterocycles. The Kier molecular flexibility index (Phi) is 4.81. The Morgan fingerprint density at radius 2 is 2.12 bits per heavy atom. The Hall–Kier alpha value is -2.18. The van der Waals surface area contributed by atoms with Gasteiger partial charge in [-0.25, -0.2) is 0 Å². The zero-order valence-electron chi connectivity index (χ0n) is 14.2. The first-order valence-corrected chi connectivity index (χ1v) is 8.90. The first-order valence-electron chi connectivity index (χ1n) is 8.90. The minimum atomic E-state index is -0.307. The molecule has 2 aliphatic rings. The Morgan fingerprint density at radius 3 is 2.92 bits per heavy atom. The molecular weight excluding hydrogens is 318 g/mol. The van der Waals surface area contributed by atoms with Gasteiger partial charge in [0.2, 0.25) is 5.91 Å². The molecule has 132 valence electrons. The molecule has 2 aromatic rings. The minimum absolute atomic E-state index is 0.0445. The predicted octanol–water partition coefficient (Wildman–Crippen LogP) is 1.84. The Morgan fingerprint density at radius 1 is 1.24 bits per heavy atom. The van der Waals surface area contributed by atoms with Crippen LogP contribution in [0.3, 0.4) is 0 Å². The van der Waals surface area contributed by atoms with E-state index in [0.717, 1.165) is 31.5 Å². The molecule has 25 heavy (non-hydrogen) atoms. The Balaban J connectivity index is 1.41. The summed E-state index contributed by atoms with van der Waals surface area (Å²) < 4.78 is 13.2. The van der Waals surface area contributed by atoms with Crippen LogP contribution in [0, 0.1) is 0 Å². The molecule has 1 aromatic carbocycles. The molecule has 0 spiro atoms. The van der Waals surface area contributed by atoms with E-state index in [9.17, 15) is 4.79 Å². The number of carbonyl (C=O) groups is 1. The molecule has 1 fully saturated rings. The van der Waals surface area contributed by atoms with Crippen LogP contribution < -0.4 is 5.32 Å². The van der Waals surface area contributed by atoms with E-state index in [1.165, 1.54) is 11.1 Å². The SMILES string of the molecule is O=C(NCC1OCCc2cn(Cc3ccccc3)nc21)[C@H]1CCCO1. The van der Waals surface area contributed by atoms with Crippen LogP contribution in [0.15, 0.2) is 36.5 Å². The molecule has 0 bridgehead atoms. The lowest BCUT2D eigenvalue weighted by molar-refractivity contribution is -0.130. The van der Waals surface area contributed by atoms with Gasteiger partial charge in [-0.05, 0) is 30.4 Å². The van der Waals surface area contributed by atoms with Crippen molar-refractivity contribution in [2.24, 2.45) is 0 Å². The van der Waals surface area contributed by atoms with E-state index in [-0.39, 0.29) is 18.1 Å². The predicted molar refractivity (Wildman–Crippen MR) is 92.2 cm³/mol. The quantitative estimate of drug-likeness (QED) is 0.901. The van der Waals surface area contributed by atoms with E-state index in [4.69, 9.17) is 14.6 Å². The fourth-order valence-electron chi connectivity index (χ4n) is 3.43. The molecule has 6 heteroatoms. The van der Waals surface area contributed by atoms with Crippen LogP contribution in [0.5, 0.6) is 0 Å². The van der Waals surface area contributed by atoms with Crippen molar-refractivity contribution in [2.45, 2.75) is 38.0 Å². The highest BCUT2D eigenvalue weighted by molar-refractivity contribution is 5.81. The number of nitrogens with zero attached hydrogens (tertiary/aromatic N) is 2. The van der Waals surface area contributed by atoms with Crippen molar-refractivity contribution in [3.8, 4) is 0 Å². The smallest absolute Gasteiger partial charge is 0.249 e. The number of rotatable bonds is 5. The molecule has 1 amide bonds. The maximum atomic E-state index is 12.1. The molecule has 0 radical (unpaired) electrons. The fraction of sp³-hybridized carbons (Fsp3) is 0.474. The van der Waals surface area contributed by atoms with Gasteiger partial charge in [0, 0.05) is 19.3 Å². The number of fused-ring (bicyclic) bond motifs is 1. The largest absolute Gasteiger partial charge is 0.370 e. The highest BCUT2D eigenvalue weighted by Crippen LogP contribution is 2.25. The number of nitrogens with one attached hydrogen (secondary N) is 1. The standard InChI is InChI=1S/C19H23N3O3/c23-19(16-7-4-9-24-16)20-11-17-18-15(8-10-25-17)13-22(21-18)12-14-5-2-1-3-6-14/h1-3,5-6,13,16-17H,4,7-12H2,(H,20,23)/t16-,17?/m1/s1. The number of amides is 1. The summed E-state index contributed by atoms with van der Waals surface area (Å²) in [5.74, 6) is -0.0445. The summed E-state index contributed by atoms with van der Waals surface area (Å²) in [5.41, 5.74) is 3.36. The van der Waals surface area contributed by atoms with Gasteiger partial charge in [0.25, 0.3) is 0 Å². The maximum Gasteiger partial charge on any atom is 0.249 e. The summed E-state index contributed by atoms with van der Waals surface area (Å²) in [5, 5.41) is 7.67. The van der Waals surface area contributed by atoms with Crippen molar-refractivity contribution in [1.29, 1.82) is 0 Å². The lowest BCUT2D eigenvalue weighted by atomic mass is 10.1. The number of carbonyl (C=O) groups excluding carboxylic acids is 1. The second-order valence-electron chi connectivity index (χ2n) is 6.58. The number of hydrogen-bond donors (Lipinski definition) is 1. The van der Waals surface area contributed by atoms with Crippen LogP contribution in [0.1, 0.15) is 35.8 Å². The second-order valence-corrected chi connectivity index (χ2v) is 6.58. The maximum absolute atomic E-state index is 12.1. The molecule has 1 N–H and O–H groups in total. The molecule has 0 aliphatic carbocycles. The van der Waals surface area contributed by atoms with Crippen LogP contribution in [0.4, 0.5) is 0 Å². The summed E-state index contributed by atoms with van der Waals surface area (Å²) in [7, 11) is 0. The molecule has 0 saturated carbocycles. The third-order valence-corrected chi connectivity index (χ3v) is 4.74. The summed E-state index contributed by atoms with van der Waals surface area (Å²) in [6.45, 7) is 2.51. The molecule has 1 aromatic heterocycles. The van der Waals surface area contributed by atoms with E-state index in [2.05, 4.69) is 23.6 Å². The van der Waals surface area contributed by atoms with Crippen LogP contribution >= 0.6 is 0 Å². The van der Waals surface area contributed by atoms with E-state index < -0.39 is 0 Å². The second kappa shape index (κ2) is 7.37. The highest BCUT2D eigenvalue weighted by atomic mass is 16.5. The average molecular weight is 341 g/mol. The van der Waals surface area contributed by atoms with Gasteiger partial charge in [0.15, 0.2) is 0 Å². The zero-order chi connectivity index (χ0) is 17.1. The molecule has 4 rings (SSSR count). The van der Waals surface area contributed by atoms with Crippen LogP contribution in [0.25, 0.3) is 0 Å². The monoisotopic (exact) mass is 341 g/mol. The number of benzene rings is 1. The van der Waals surface area contributed by atoms with Crippen molar-refractivity contribution >= 4 is 5.91 Å². The molecule has 6 nitrogen and oxygen atoms in total. The van der Waals surface area contributed by atoms with E-state index in [0.29, 0.717) is 19.8 Å². The molecular formula is C19H23N3O3. The summed E-state index contributed by atoms with van der Waals surface area (Å²) in [4.78, 5) is 12.1. The molecule has 3 heterocycles. The lowest BCUT2D eigenvalue weighted by Crippen LogP contribution is -2.38. The average Bonchev–Trinajstić information content (AvgIpc) is 3.30. The van der Waals surface area contributed by atoms with Crippen molar-refractivity contribution in [2.75, 3.05) is 19.8 Å². The van der Waals surface area contributed by atoms with Crippen LogP contribution in [-0.2, 0) is 27.2 Å². The fourth-order valence-corrected chi connectivity index (χ4v) is 3.43. The summed E-state index contributed by atoms with van der Waals surface area (Å²) in [6, 6.07) is 10.3. The van der Waals surface area contributed by atoms with E-state index >= 15 is 0 Å². The highest BCUT2D eigenvalue weighted by Gasteiger charge is 2.28. The molecule has 2 aliphatic heterocycles. The first kappa shape index (κ1) is 16.3. The summed E-state index contributed by atoms with van der Waals surface area (Å²) >= 11 is 0. The third-order valence-electron chi connectivity index (χ3n) is 4.74. The molecule has 2 atom stereocenters. The normalized spacial score (nSPS) is 22.6. The van der Waals surface area contributed by atoms with Gasteiger partial charge in [0.1, 0.15) is 12.2 Å². The van der Waals surface area contributed by atoms with Gasteiger partial charge in [-0.2, -0.15) is 5.10 Å². The Bertz CT molecular complexity index is 723. The van der Waals surface area contributed by atoms with Gasteiger partial charge in [-0.15, -0.1) is 0 Å². The van der Waals surface area contributed by atoms with Crippen molar-refractivity contribution in [3.63, 3.8) is 0 Å². The van der Waals surface area contributed by atoms with Crippen LogP contribution in [0.2, 0.25) is 0 Å². The van der Waals surface area contributed by atoms with Gasteiger partial charge in [-0.1, -0.05) is 30.3 Å². The third kappa shape index (κ3) is 3.75. The van der Waals surface area contributed by atoms with E-state index in [1.54, 1.807) is 0 Å².